The highest BCUT2D eigenvalue weighted by Crippen LogP contribution is 2.09. The topological polar surface area (TPSA) is 38.9 Å². The monoisotopic (exact) mass is 134 g/mol. The van der Waals surface area contributed by atoms with Crippen molar-refractivity contribution in [3.05, 3.63) is 30.0 Å². The number of anilines is 1. The van der Waals surface area contributed by atoms with E-state index >= 15 is 0 Å². The van der Waals surface area contributed by atoms with E-state index in [1.165, 1.54) is 0 Å². The van der Waals surface area contributed by atoms with Gasteiger partial charge in [-0.2, -0.15) is 0 Å². The molecule has 0 radical (unpaired) electrons. The number of hydrogen-bond acceptors (Lipinski definition) is 2. The molecule has 0 atom stereocenters. The second-order valence-corrected chi connectivity index (χ2v) is 2.13. The van der Waals surface area contributed by atoms with E-state index in [4.69, 9.17) is 5.73 Å². The first-order chi connectivity index (χ1) is 4.74. The Balaban J connectivity index is 3.19. The van der Waals surface area contributed by atoms with Gasteiger partial charge in [-0.15, -0.1) is 0 Å². The van der Waals surface area contributed by atoms with Crippen molar-refractivity contribution < 1.29 is 0 Å². The zero-order chi connectivity index (χ0) is 7.56. The maximum absolute atomic E-state index is 5.55. The maximum Gasteiger partial charge on any atom is 0.130 e. The highest BCUT2D eigenvalue weighted by atomic mass is 14.8. The molecular formula is C8H10N2. The van der Waals surface area contributed by atoms with Crippen LogP contribution >= 0.6 is 0 Å². The molecule has 2 heteroatoms. The molecule has 52 valence electrons. The largest absolute Gasteiger partial charge is 0.383 e. The van der Waals surface area contributed by atoms with Crippen molar-refractivity contribution in [3.63, 3.8) is 0 Å². The lowest BCUT2D eigenvalue weighted by Gasteiger charge is -1.98. The van der Waals surface area contributed by atoms with Crippen LogP contribution in [0.15, 0.2) is 18.7 Å². The van der Waals surface area contributed by atoms with Crippen molar-refractivity contribution in [1.29, 1.82) is 0 Å². The van der Waals surface area contributed by atoms with E-state index in [9.17, 15) is 0 Å². The predicted molar refractivity (Wildman–Crippen MR) is 43.5 cm³/mol. The van der Waals surface area contributed by atoms with E-state index in [0.29, 0.717) is 5.82 Å². The van der Waals surface area contributed by atoms with Gasteiger partial charge in [-0.3, -0.25) is 0 Å². The molecule has 0 aliphatic heterocycles. The van der Waals surface area contributed by atoms with E-state index in [2.05, 4.69) is 11.6 Å². The van der Waals surface area contributed by atoms with E-state index in [-0.39, 0.29) is 0 Å². The molecule has 2 nitrogen and oxygen atoms in total. The molecule has 1 aromatic heterocycles. The molecule has 10 heavy (non-hydrogen) atoms. The lowest BCUT2D eigenvalue weighted by atomic mass is 10.2. The van der Waals surface area contributed by atoms with Crippen molar-refractivity contribution in [1.82, 2.24) is 4.98 Å². The van der Waals surface area contributed by atoms with E-state index in [1.54, 1.807) is 6.08 Å². The maximum atomic E-state index is 5.55. The molecule has 0 saturated carbocycles. The van der Waals surface area contributed by atoms with Crippen LogP contribution in [0.5, 0.6) is 0 Å². The van der Waals surface area contributed by atoms with Gasteiger partial charge in [-0.25, -0.2) is 4.98 Å². The van der Waals surface area contributed by atoms with Crippen LogP contribution in [0.2, 0.25) is 0 Å². The summed E-state index contributed by atoms with van der Waals surface area (Å²) in [5.74, 6) is 0.551. The Morgan fingerprint density at radius 2 is 2.30 bits per heavy atom. The van der Waals surface area contributed by atoms with Gasteiger partial charge in [-0.1, -0.05) is 12.7 Å². The van der Waals surface area contributed by atoms with Gasteiger partial charge in [0.1, 0.15) is 5.82 Å². The first-order valence-electron chi connectivity index (χ1n) is 3.09. The van der Waals surface area contributed by atoms with Gasteiger partial charge in [0.15, 0.2) is 0 Å². The molecule has 2 N–H and O–H groups in total. The van der Waals surface area contributed by atoms with E-state index in [1.807, 2.05) is 19.1 Å². The molecule has 0 aliphatic rings. The number of nitrogen functional groups attached to an aromatic ring is 1. The lowest BCUT2D eigenvalue weighted by molar-refractivity contribution is 1.20. The van der Waals surface area contributed by atoms with Gasteiger partial charge >= 0.3 is 0 Å². The average molecular weight is 134 g/mol. The van der Waals surface area contributed by atoms with Crippen LogP contribution in [0.3, 0.4) is 0 Å². The lowest BCUT2D eigenvalue weighted by Crippen LogP contribution is -1.94. The molecule has 0 unspecified atom stereocenters. The van der Waals surface area contributed by atoms with Crippen molar-refractivity contribution in [2.75, 3.05) is 5.73 Å². The van der Waals surface area contributed by atoms with Crippen molar-refractivity contribution in [3.8, 4) is 0 Å². The predicted octanol–water partition coefficient (Wildman–Crippen LogP) is 1.62. The molecule has 1 heterocycles. The molecule has 0 saturated heterocycles. The summed E-state index contributed by atoms with van der Waals surface area (Å²) in [6, 6.07) is 3.82. The van der Waals surface area contributed by atoms with Crippen molar-refractivity contribution in [2.45, 2.75) is 6.92 Å². The number of rotatable bonds is 1. The molecule has 0 aromatic carbocycles. The van der Waals surface area contributed by atoms with Crippen LogP contribution in [0.1, 0.15) is 11.3 Å². The number of aryl methyl sites for hydroxylation is 1. The SMILES string of the molecule is C=Cc1ccc(C)nc1N. The van der Waals surface area contributed by atoms with Gasteiger partial charge in [-0.05, 0) is 19.1 Å². The van der Waals surface area contributed by atoms with Gasteiger partial charge in [0.25, 0.3) is 0 Å². The fourth-order valence-electron chi connectivity index (χ4n) is 0.760. The third kappa shape index (κ3) is 1.16. The second kappa shape index (κ2) is 2.52. The molecule has 0 spiro atoms. The minimum atomic E-state index is 0.551. The molecule has 0 amide bonds. The molecular weight excluding hydrogens is 124 g/mol. The Kier molecular flexibility index (Phi) is 1.71. The molecule has 0 fully saturated rings. The van der Waals surface area contributed by atoms with Crippen LogP contribution in [-0.2, 0) is 0 Å². The normalized spacial score (nSPS) is 9.30. The Hall–Kier alpha value is -1.31. The molecule has 0 bridgehead atoms. The van der Waals surface area contributed by atoms with Crippen molar-refractivity contribution in [2.24, 2.45) is 0 Å². The molecule has 1 aromatic rings. The third-order valence-electron chi connectivity index (χ3n) is 1.32. The van der Waals surface area contributed by atoms with E-state index < -0.39 is 0 Å². The number of aromatic nitrogens is 1. The quantitative estimate of drug-likeness (QED) is 0.633. The summed E-state index contributed by atoms with van der Waals surface area (Å²) in [4.78, 5) is 4.05. The van der Waals surface area contributed by atoms with Gasteiger partial charge in [0, 0.05) is 11.3 Å². The number of nitrogens with two attached hydrogens (primary N) is 1. The first kappa shape index (κ1) is 6.81. The second-order valence-electron chi connectivity index (χ2n) is 2.13. The minimum absolute atomic E-state index is 0.551. The van der Waals surface area contributed by atoms with Crippen LogP contribution in [0.4, 0.5) is 5.82 Å². The first-order valence-corrected chi connectivity index (χ1v) is 3.09. The zero-order valence-corrected chi connectivity index (χ0v) is 5.96. The summed E-state index contributed by atoms with van der Waals surface area (Å²) in [5, 5.41) is 0. The van der Waals surface area contributed by atoms with Crippen LogP contribution < -0.4 is 5.73 Å². The Morgan fingerprint density at radius 1 is 1.60 bits per heavy atom. The fraction of sp³-hybridized carbons (Fsp3) is 0.125. The Morgan fingerprint density at radius 3 is 2.80 bits per heavy atom. The fourth-order valence-corrected chi connectivity index (χ4v) is 0.760. The van der Waals surface area contributed by atoms with Crippen LogP contribution in [-0.4, -0.2) is 4.98 Å². The summed E-state index contributed by atoms with van der Waals surface area (Å²) in [5.41, 5.74) is 7.38. The van der Waals surface area contributed by atoms with Crippen LogP contribution in [0.25, 0.3) is 6.08 Å². The Labute approximate surface area is 60.4 Å². The highest BCUT2D eigenvalue weighted by molar-refractivity contribution is 5.59. The number of hydrogen-bond donors (Lipinski definition) is 1. The average Bonchev–Trinajstić information content (AvgIpc) is 1.88. The summed E-state index contributed by atoms with van der Waals surface area (Å²) < 4.78 is 0. The molecule has 0 aliphatic carbocycles. The van der Waals surface area contributed by atoms with E-state index in [0.717, 1.165) is 11.3 Å². The van der Waals surface area contributed by atoms with Gasteiger partial charge in [0.2, 0.25) is 0 Å². The summed E-state index contributed by atoms with van der Waals surface area (Å²) in [6.45, 7) is 5.51. The smallest absolute Gasteiger partial charge is 0.130 e. The summed E-state index contributed by atoms with van der Waals surface area (Å²) >= 11 is 0. The summed E-state index contributed by atoms with van der Waals surface area (Å²) in [7, 11) is 0. The van der Waals surface area contributed by atoms with Crippen LogP contribution in [0, 0.1) is 6.92 Å². The number of nitrogens with zero attached hydrogens (tertiary/aromatic N) is 1. The van der Waals surface area contributed by atoms with Gasteiger partial charge < -0.3 is 5.73 Å². The Bertz CT molecular complexity index is 253. The third-order valence-corrected chi connectivity index (χ3v) is 1.32. The summed E-state index contributed by atoms with van der Waals surface area (Å²) in [6.07, 6.45) is 1.70. The van der Waals surface area contributed by atoms with Gasteiger partial charge in [0.05, 0.1) is 0 Å². The molecule has 1 rings (SSSR count). The number of pyridine rings is 1. The minimum Gasteiger partial charge on any atom is -0.383 e. The van der Waals surface area contributed by atoms with Crippen molar-refractivity contribution >= 4 is 11.9 Å². The standard InChI is InChI=1S/C8H10N2/c1-3-7-5-4-6(2)10-8(7)9/h3-5H,1H2,2H3,(H2,9,10). The highest BCUT2D eigenvalue weighted by Gasteiger charge is 1.93. The zero-order valence-electron chi connectivity index (χ0n) is 5.96.